The van der Waals surface area contributed by atoms with E-state index in [1.165, 1.54) is 12.8 Å². The van der Waals surface area contributed by atoms with E-state index < -0.39 is 11.8 Å². The van der Waals surface area contributed by atoms with Gasteiger partial charge in [0.1, 0.15) is 16.8 Å². The van der Waals surface area contributed by atoms with Gasteiger partial charge in [0, 0.05) is 5.56 Å². The Morgan fingerprint density at radius 3 is 2.57 bits per heavy atom. The van der Waals surface area contributed by atoms with Crippen molar-refractivity contribution >= 4 is 23.4 Å². The van der Waals surface area contributed by atoms with Crippen LogP contribution in [0.1, 0.15) is 37.7 Å². The summed E-state index contributed by atoms with van der Waals surface area (Å²) in [5.41, 5.74) is 2.79. The first kappa shape index (κ1) is 18.7. The average Bonchev–Trinajstić information content (AvgIpc) is 2.74. The molecule has 5 rings (SSSR count). The van der Waals surface area contributed by atoms with Crippen molar-refractivity contribution in [2.75, 3.05) is 5.48 Å². The molecule has 1 heterocycles. The molecule has 1 aromatic heterocycles. The summed E-state index contributed by atoms with van der Waals surface area (Å²) in [5.74, 6) is -0.738. The van der Waals surface area contributed by atoms with Crippen LogP contribution in [0, 0.1) is 34.9 Å². The number of carbonyl (C=O) groups excluding carboxylic acids is 1. The number of anilines is 1. The Morgan fingerprint density at radius 2 is 1.96 bits per heavy atom. The molecule has 0 amide bonds. The summed E-state index contributed by atoms with van der Waals surface area (Å²) in [7, 11) is 0. The van der Waals surface area contributed by atoms with Crippen LogP contribution in [-0.4, -0.2) is 11.0 Å². The molecule has 5 nitrogen and oxygen atoms in total. The fourth-order valence-corrected chi connectivity index (χ4v) is 4.64. The number of nitrogens with one attached hydrogen (secondary N) is 1. The van der Waals surface area contributed by atoms with Gasteiger partial charge in [-0.2, -0.15) is 10.7 Å². The van der Waals surface area contributed by atoms with E-state index in [1.54, 1.807) is 30.3 Å². The van der Waals surface area contributed by atoms with E-state index in [4.69, 9.17) is 16.4 Å². The van der Waals surface area contributed by atoms with E-state index in [-0.39, 0.29) is 28.0 Å². The lowest BCUT2D eigenvalue weighted by atomic mass is 9.65. The number of rotatable bonds is 4. The maximum Gasteiger partial charge on any atom is 0.335 e. The zero-order valence-electron chi connectivity index (χ0n) is 15.1. The molecule has 3 aliphatic carbocycles. The second-order valence-electron chi connectivity index (χ2n) is 7.44. The minimum atomic E-state index is -0.787. The summed E-state index contributed by atoms with van der Waals surface area (Å²) in [4.78, 5) is 21.6. The van der Waals surface area contributed by atoms with E-state index in [0.29, 0.717) is 17.4 Å². The molecule has 0 aliphatic heterocycles. The summed E-state index contributed by atoms with van der Waals surface area (Å²) >= 11 is 6.09. The molecule has 0 saturated heterocycles. The number of nitrogens with zero attached hydrogens (tertiary/aromatic N) is 2. The number of hydrogen-bond acceptors (Lipinski definition) is 5. The lowest BCUT2D eigenvalue weighted by molar-refractivity contribution is -0.151. The van der Waals surface area contributed by atoms with Crippen LogP contribution in [-0.2, 0) is 9.63 Å². The van der Waals surface area contributed by atoms with Crippen molar-refractivity contribution in [1.82, 2.24) is 4.98 Å². The van der Waals surface area contributed by atoms with E-state index >= 15 is 4.39 Å². The average molecular weight is 400 g/mol. The zero-order valence-corrected chi connectivity index (χ0v) is 15.9. The van der Waals surface area contributed by atoms with Crippen LogP contribution in [0.15, 0.2) is 30.3 Å². The molecule has 1 N–H and O–H groups in total. The second kappa shape index (κ2) is 7.76. The maximum absolute atomic E-state index is 15.1. The number of halogens is 2. The summed E-state index contributed by atoms with van der Waals surface area (Å²) < 4.78 is 15.1. The molecule has 3 fully saturated rings. The van der Waals surface area contributed by atoms with Gasteiger partial charge in [-0.3, -0.25) is 0 Å². The molecule has 0 spiro atoms. The maximum atomic E-state index is 15.1. The predicted molar refractivity (Wildman–Crippen MR) is 103 cm³/mol. The van der Waals surface area contributed by atoms with Crippen LogP contribution in [0.4, 0.5) is 10.2 Å². The molecule has 7 heteroatoms. The monoisotopic (exact) mass is 399 g/mol. The molecule has 1 unspecified atom stereocenters. The van der Waals surface area contributed by atoms with Crippen molar-refractivity contribution in [1.29, 1.82) is 5.26 Å². The Hall–Kier alpha value is -2.65. The highest BCUT2D eigenvalue weighted by atomic mass is 35.5. The fraction of sp³-hybridized carbons (Fsp3) is 0.381. The number of fused-ring (bicyclic) bond motifs is 3. The summed E-state index contributed by atoms with van der Waals surface area (Å²) in [6.07, 6.45) is 5.24. The Labute approximate surface area is 167 Å². The van der Waals surface area contributed by atoms with Gasteiger partial charge in [-0.1, -0.05) is 54.8 Å². The minimum absolute atomic E-state index is 0.0263. The minimum Gasteiger partial charge on any atom is -0.342 e. The molecule has 144 valence electrons. The highest BCUT2D eigenvalue weighted by Crippen LogP contribution is 2.45. The standard InChI is InChI=1S/C21H19ClFN3O2/c22-19-16(11-24)17(14-4-2-1-3-5-14)18(23)20(25-19)26-28-21(27)15-10-12-6-8-13(15)9-7-12/h1-5,12-13,15H,6-10H2,(H,25,26). The van der Waals surface area contributed by atoms with Crippen molar-refractivity contribution < 1.29 is 14.0 Å². The van der Waals surface area contributed by atoms with E-state index in [0.717, 1.165) is 19.3 Å². The largest absolute Gasteiger partial charge is 0.342 e. The second-order valence-corrected chi connectivity index (χ2v) is 7.80. The molecule has 0 radical (unpaired) electrons. The summed E-state index contributed by atoms with van der Waals surface area (Å²) in [6.45, 7) is 0. The van der Waals surface area contributed by atoms with Gasteiger partial charge in [-0.25, -0.2) is 14.2 Å². The summed E-state index contributed by atoms with van der Waals surface area (Å²) in [5, 5.41) is 9.22. The molecule has 28 heavy (non-hydrogen) atoms. The van der Waals surface area contributed by atoms with Crippen LogP contribution < -0.4 is 5.48 Å². The SMILES string of the molecule is N#Cc1c(Cl)nc(NOC(=O)C2CC3CCC2CC3)c(F)c1-c1ccccc1. The Morgan fingerprint density at radius 1 is 1.25 bits per heavy atom. The molecule has 2 bridgehead atoms. The third kappa shape index (κ3) is 3.43. The highest BCUT2D eigenvalue weighted by molar-refractivity contribution is 6.31. The first-order chi connectivity index (χ1) is 13.6. The van der Waals surface area contributed by atoms with E-state index in [9.17, 15) is 10.1 Å². The molecule has 2 aromatic rings. The van der Waals surface area contributed by atoms with Gasteiger partial charge in [0.25, 0.3) is 0 Å². The Balaban J connectivity index is 1.58. The number of carbonyl (C=O) groups is 1. The number of nitriles is 1. The van der Waals surface area contributed by atoms with Crippen LogP contribution >= 0.6 is 11.6 Å². The third-order valence-electron chi connectivity index (χ3n) is 5.87. The van der Waals surface area contributed by atoms with Gasteiger partial charge in [-0.05, 0) is 36.7 Å². The van der Waals surface area contributed by atoms with Gasteiger partial charge in [0.2, 0.25) is 0 Å². The topological polar surface area (TPSA) is 75.0 Å². The third-order valence-corrected chi connectivity index (χ3v) is 6.14. The van der Waals surface area contributed by atoms with Gasteiger partial charge in [0.15, 0.2) is 11.6 Å². The van der Waals surface area contributed by atoms with E-state index in [1.807, 2.05) is 6.07 Å². The van der Waals surface area contributed by atoms with Gasteiger partial charge >= 0.3 is 5.97 Å². The first-order valence-electron chi connectivity index (χ1n) is 9.39. The van der Waals surface area contributed by atoms with Crippen molar-refractivity contribution in [2.24, 2.45) is 17.8 Å². The van der Waals surface area contributed by atoms with Crippen molar-refractivity contribution in [3.63, 3.8) is 0 Å². The van der Waals surface area contributed by atoms with Crippen molar-refractivity contribution in [3.8, 4) is 17.2 Å². The van der Waals surface area contributed by atoms with Crippen molar-refractivity contribution in [3.05, 3.63) is 46.9 Å². The van der Waals surface area contributed by atoms with Crippen LogP contribution in [0.5, 0.6) is 0 Å². The van der Waals surface area contributed by atoms with Crippen molar-refractivity contribution in [2.45, 2.75) is 32.1 Å². The Bertz CT molecular complexity index is 937. The van der Waals surface area contributed by atoms with Crippen LogP contribution in [0.2, 0.25) is 5.15 Å². The fourth-order valence-electron chi connectivity index (χ4n) is 4.42. The molecular formula is C21H19ClFN3O2. The molecule has 1 atom stereocenters. The number of pyridine rings is 1. The number of hydrogen-bond donors (Lipinski definition) is 1. The molecule has 3 saturated carbocycles. The van der Waals surface area contributed by atoms with Gasteiger partial charge in [0.05, 0.1) is 5.92 Å². The smallest absolute Gasteiger partial charge is 0.335 e. The Kier molecular flexibility index (Phi) is 5.19. The quantitative estimate of drug-likeness (QED) is 0.571. The predicted octanol–water partition coefficient (Wildman–Crippen LogP) is 5.11. The van der Waals surface area contributed by atoms with E-state index in [2.05, 4.69) is 10.5 Å². The van der Waals surface area contributed by atoms with Crippen LogP contribution in [0.3, 0.4) is 0 Å². The lowest BCUT2D eigenvalue weighted by Gasteiger charge is -2.40. The normalized spacial score (nSPS) is 23.1. The van der Waals surface area contributed by atoms with Crippen LogP contribution in [0.25, 0.3) is 11.1 Å². The first-order valence-corrected chi connectivity index (χ1v) is 9.77. The zero-order chi connectivity index (χ0) is 19.7. The molecular weight excluding hydrogens is 381 g/mol. The van der Waals surface area contributed by atoms with Gasteiger partial charge < -0.3 is 4.84 Å². The number of aromatic nitrogens is 1. The highest BCUT2D eigenvalue weighted by Gasteiger charge is 2.40. The van der Waals surface area contributed by atoms with Gasteiger partial charge in [-0.15, -0.1) is 0 Å². The lowest BCUT2D eigenvalue weighted by Crippen LogP contribution is -2.37. The number of benzene rings is 1. The summed E-state index contributed by atoms with van der Waals surface area (Å²) in [6, 6.07) is 10.5. The molecule has 3 aliphatic rings. The molecule has 1 aromatic carbocycles.